The zero-order valence-electron chi connectivity index (χ0n) is 13.0. The van der Waals surface area contributed by atoms with Gasteiger partial charge in [-0.15, -0.1) is 0 Å². The minimum Gasteiger partial charge on any atom is -0.462 e. The number of nitrogens with two attached hydrogens (primary N) is 1. The van der Waals surface area contributed by atoms with Crippen LogP contribution < -0.4 is 11.1 Å². The Bertz CT molecular complexity index is 488. The third kappa shape index (κ3) is 4.38. The maximum atomic E-state index is 11.9. The Morgan fingerprint density at radius 2 is 2.14 bits per heavy atom. The SMILES string of the molecule is CCOC(=O)c1cc(NC2CCCC(C)CC2)ccc1N. The number of anilines is 2. The van der Waals surface area contributed by atoms with Crippen molar-refractivity contribution in [1.29, 1.82) is 0 Å². The Morgan fingerprint density at radius 1 is 1.33 bits per heavy atom. The average Bonchev–Trinajstić information content (AvgIpc) is 2.66. The normalized spacial score (nSPS) is 22.4. The number of carbonyl (C=O) groups excluding carboxylic acids is 1. The summed E-state index contributed by atoms with van der Waals surface area (Å²) < 4.78 is 5.04. The molecule has 1 aromatic carbocycles. The van der Waals surface area contributed by atoms with Gasteiger partial charge in [-0.25, -0.2) is 4.79 Å². The van der Waals surface area contributed by atoms with Gasteiger partial charge < -0.3 is 15.8 Å². The van der Waals surface area contributed by atoms with E-state index in [0.717, 1.165) is 11.6 Å². The van der Waals surface area contributed by atoms with E-state index < -0.39 is 0 Å². The van der Waals surface area contributed by atoms with Crippen molar-refractivity contribution < 1.29 is 9.53 Å². The van der Waals surface area contributed by atoms with Crippen molar-refractivity contribution in [2.75, 3.05) is 17.7 Å². The number of rotatable bonds is 4. The summed E-state index contributed by atoms with van der Waals surface area (Å²) in [5.41, 5.74) is 7.73. The van der Waals surface area contributed by atoms with Crippen molar-refractivity contribution >= 4 is 17.3 Å². The third-order valence-corrected chi connectivity index (χ3v) is 4.18. The summed E-state index contributed by atoms with van der Waals surface area (Å²) in [4.78, 5) is 11.9. The topological polar surface area (TPSA) is 64.3 Å². The lowest BCUT2D eigenvalue weighted by Gasteiger charge is -2.18. The van der Waals surface area contributed by atoms with Crippen molar-refractivity contribution in [3.05, 3.63) is 23.8 Å². The second-order valence-corrected chi connectivity index (χ2v) is 5.98. The first-order chi connectivity index (χ1) is 10.1. The molecule has 1 saturated carbocycles. The van der Waals surface area contributed by atoms with Crippen LogP contribution in [0.2, 0.25) is 0 Å². The fourth-order valence-electron chi connectivity index (χ4n) is 2.90. The smallest absolute Gasteiger partial charge is 0.340 e. The molecule has 0 amide bonds. The molecule has 2 rings (SSSR count). The summed E-state index contributed by atoms with van der Waals surface area (Å²) in [7, 11) is 0. The number of carbonyl (C=O) groups is 1. The Kier molecular flexibility index (Phi) is 5.48. The van der Waals surface area contributed by atoms with Gasteiger partial charge in [0, 0.05) is 17.4 Å². The standard InChI is InChI=1S/C17H26N2O2/c1-3-21-17(20)15-11-14(9-10-16(15)18)19-13-6-4-5-12(2)7-8-13/h9-13,19H,3-8,18H2,1-2H3. The summed E-state index contributed by atoms with van der Waals surface area (Å²) in [6, 6.07) is 6.00. The number of ether oxygens (including phenoxy) is 1. The van der Waals surface area contributed by atoms with E-state index in [9.17, 15) is 4.79 Å². The van der Waals surface area contributed by atoms with Crippen LogP contribution in [0.25, 0.3) is 0 Å². The van der Waals surface area contributed by atoms with Crippen molar-refractivity contribution in [2.24, 2.45) is 5.92 Å². The van der Waals surface area contributed by atoms with Crippen LogP contribution in [0.1, 0.15) is 56.3 Å². The zero-order valence-corrected chi connectivity index (χ0v) is 13.0. The van der Waals surface area contributed by atoms with Crippen LogP contribution in [-0.2, 0) is 4.74 Å². The highest BCUT2D eigenvalue weighted by atomic mass is 16.5. The molecule has 1 aliphatic carbocycles. The molecule has 0 saturated heterocycles. The minimum absolute atomic E-state index is 0.354. The van der Waals surface area contributed by atoms with Crippen molar-refractivity contribution in [1.82, 2.24) is 0 Å². The highest BCUT2D eigenvalue weighted by molar-refractivity contribution is 5.96. The lowest BCUT2D eigenvalue weighted by Crippen LogP contribution is -2.19. The summed E-state index contributed by atoms with van der Waals surface area (Å²) >= 11 is 0. The van der Waals surface area contributed by atoms with Crippen LogP contribution in [0.5, 0.6) is 0 Å². The summed E-state index contributed by atoms with van der Waals surface area (Å²) in [6.45, 7) is 4.48. The zero-order chi connectivity index (χ0) is 15.2. The second kappa shape index (κ2) is 7.34. The molecule has 0 heterocycles. The maximum Gasteiger partial charge on any atom is 0.340 e. The fraction of sp³-hybridized carbons (Fsp3) is 0.588. The second-order valence-electron chi connectivity index (χ2n) is 5.98. The van der Waals surface area contributed by atoms with Gasteiger partial charge >= 0.3 is 5.97 Å². The average molecular weight is 290 g/mol. The monoisotopic (exact) mass is 290 g/mol. The molecule has 116 valence electrons. The predicted molar refractivity (Wildman–Crippen MR) is 86.5 cm³/mol. The summed E-state index contributed by atoms with van der Waals surface area (Å²) in [6.07, 6.45) is 6.20. The molecule has 1 fully saturated rings. The highest BCUT2D eigenvalue weighted by Gasteiger charge is 2.17. The van der Waals surface area contributed by atoms with E-state index in [4.69, 9.17) is 10.5 Å². The van der Waals surface area contributed by atoms with Gasteiger partial charge in [0.15, 0.2) is 0 Å². The van der Waals surface area contributed by atoms with Crippen LogP contribution in [0.4, 0.5) is 11.4 Å². The van der Waals surface area contributed by atoms with Gasteiger partial charge in [-0.3, -0.25) is 0 Å². The number of esters is 1. The van der Waals surface area contributed by atoms with Gasteiger partial charge in [0.2, 0.25) is 0 Å². The molecule has 0 radical (unpaired) electrons. The Morgan fingerprint density at radius 3 is 2.90 bits per heavy atom. The van der Waals surface area contributed by atoms with E-state index >= 15 is 0 Å². The van der Waals surface area contributed by atoms with Crippen LogP contribution in [0.3, 0.4) is 0 Å². The van der Waals surface area contributed by atoms with Gasteiger partial charge in [-0.05, 0) is 50.3 Å². The van der Waals surface area contributed by atoms with E-state index in [0.29, 0.717) is 23.9 Å². The molecular formula is C17H26N2O2. The first kappa shape index (κ1) is 15.7. The minimum atomic E-state index is -0.354. The van der Waals surface area contributed by atoms with E-state index in [1.165, 1.54) is 32.1 Å². The number of hydrogen-bond acceptors (Lipinski definition) is 4. The van der Waals surface area contributed by atoms with Gasteiger partial charge in [0.05, 0.1) is 12.2 Å². The Labute approximate surface area is 127 Å². The predicted octanol–water partition coefficient (Wildman–Crippen LogP) is 3.83. The first-order valence-corrected chi connectivity index (χ1v) is 7.93. The lowest BCUT2D eigenvalue weighted by atomic mass is 10.0. The third-order valence-electron chi connectivity index (χ3n) is 4.18. The molecule has 1 aliphatic rings. The molecule has 2 unspecified atom stereocenters. The number of benzene rings is 1. The summed E-state index contributed by atoms with van der Waals surface area (Å²) in [5.74, 6) is 0.464. The van der Waals surface area contributed by atoms with E-state index in [-0.39, 0.29) is 5.97 Å². The molecule has 3 N–H and O–H groups in total. The summed E-state index contributed by atoms with van der Waals surface area (Å²) in [5, 5.41) is 3.54. The fourth-order valence-corrected chi connectivity index (χ4v) is 2.90. The Balaban J connectivity index is 2.06. The Hall–Kier alpha value is -1.71. The maximum absolute atomic E-state index is 11.9. The largest absolute Gasteiger partial charge is 0.462 e. The van der Waals surface area contributed by atoms with Crippen molar-refractivity contribution in [3.63, 3.8) is 0 Å². The van der Waals surface area contributed by atoms with Gasteiger partial charge in [0.1, 0.15) is 0 Å². The van der Waals surface area contributed by atoms with E-state index in [1.54, 1.807) is 13.0 Å². The molecular weight excluding hydrogens is 264 g/mol. The first-order valence-electron chi connectivity index (χ1n) is 7.93. The molecule has 0 aliphatic heterocycles. The number of nitrogen functional groups attached to an aromatic ring is 1. The number of hydrogen-bond donors (Lipinski definition) is 2. The molecule has 2 atom stereocenters. The molecule has 1 aromatic rings. The van der Waals surface area contributed by atoms with Crippen LogP contribution in [0, 0.1) is 5.92 Å². The molecule has 4 nitrogen and oxygen atoms in total. The van der Waals surface area contributed by atoms with Crippen molar-refractivity contribution in [2.45, 2.75) is 52.0 Å². The molecule has 0 spiro atoms. The highest BCUT2D eigenvalue weighted by Crippen LogP contribution is 2.26. The van der Waals surface area contributed by atoms with Gasteiger partial charge in [0.25, 0.3) is 0 Å². The number of nitrogens with one attached hydrogen (secondary N) is 1. The molecule has 0 aromatic heterocycles. The van der Waals surface area contributed by atoms with E-state index in [2.05, 4.69) is 12.2 Å². The van der Waals surface area contributed by atoms with Crippen molar-refractivity contribution in [3.8, 4) is 0 Å². The van der Waals surface area contributed by atoms with E-state index in [1.807, 2.05) is 12.1 Å². The van der Waals surface area contributed by atoms with Crippen LogP contribution >= 0.6 is 0 Å². The molecule has 0 bridgehead atoms. The lowest BCUT2D eigenvalue weighted by molar-refractivity contribution is 0.0527. The molecule has 21 heavy (non-hydrogen) atoms. The van der Waals surface area contributed by atoms with Gasteiger partial charge in [-0.1, -0.05) is 19.8 Å². The van der Waals surface area contributed by atoms with Crippen LogP contribution in [-0.4, -0.2) is 18.6 Å². The van der Waals surface area contributed by atoms with Crippen LogP contribution in [0.15, 0.2) is 18.2 Å². The van der Waals surface area contributed by atoms with Gasteiger partial charge in [-0.2, -0.15) is 0 Å². The molecule has 4 heteroatoms. The quantitative estimate of drug-likeness (QED) is 0.502.